The SMILES string of the molecule is NC1CCCN(C(=O)COc2ccc(OCc3ccccc3)cc2)C1. The van der Waals surface area contributed by atoms with Crippen molar-refractivity contribution in [2.45, 2.75) is 25.5 Å². The fourth-order valence-corrected chi connectivity index (χ4v) is 2.85. The molecule has 0 bridgehead atoms. The predicted molar refractivity (Wildman–Crippen MR) is 96.5 cm³/mol. The number of piperidine rings is 1. The molecule has 1 amide bonds. The Balaban J connectivity index is 1.45. The fraction of sp³-hybridized carbons (Fsp3) is 0.350. The molecule has 1 aliphatic heterocycles. The molecule has 25 heavy (non-hydrogen) atoms. The summed E-state index contributed by atoms with van der Waals surface area (Å²) in [7, 11) is 0. The molecule has 1 unspecified atom stereocenters. The highest BCUT2D eigenvalue weighted by Crippen LogP contribution is 2.19. The third kappa shape index (κ3) is 5.22. The lowest BCUT2D eigenvalue weighted by Crippen LogP contribution is -2.47. The number of nitrogens with zero attached hydrogens (tertiary/aromatic N) is 1. The third-order valence-corrected chi connectivity index (χ3v) is 4.24. The van der Waals surface area contributed by atoms with Crippen LogP contribution in [0.1, 0.15) is 18.4 Å². The van der Waals surface area contributed by atoms with Gasteiger partial charge in [0, 0.05) is 19.1 Å². The van der Waals surface area contributed by atoms with Crippen molar-refractivity contribution >= 4 is 5.91 Å². The summed E-state index contributed by atoms with van der Waals surface area (Å²) in [5.74, 6) is 1.41. The van der Waals surface area contributed by atoms with Gasteiger partial charge in [-0.1, -0.05) is 30.3 Å². The van der Waals surface area contributed by atoms with Gasteiger partial charge >= 0.3 is 0 Å². The van der Waals surface area contributed by atoms with Gasteiger partial charge in [-0.15, -0.1) is 0 Å². The maximum absolute atomic E-state index is 12.2. The highest BCUT2D eigenvalue weighted by atomic mass is 16.5. The van der Waals surface area contributed by atoms with Crippen molar-refractivity contribution in [1.82, 2.24) is 4.90 Å². The molecule has 1 aliphatic rings. The van der Waals surface area contributed by atoms with Crippen molar-refractivity contribution in [3.05, 3.63) is 60.2 Å². The Morgan fingerprint density at radius 2 is 1.72 bits per heavy atom. The predicted octanol–water partition coefficient (Wildman–Crippen LogP) is 2.59. The van der Waals surface area contributed by atoms with Gasteiger partial charge < -0.3 is 20.1 Å². The second-order valence-corrected chi connectivity index (χ2v) is 6.28. The minimum Gasteiger partial charge on any atom is -0.489 e. The highest BCUT2D eigenvalue weighted by Gasteiger charge is 2.21. The lowest BCUT2D eigenvalue weighted by molar-refractivity contribution is -0.134. The van der Waals surface area contributed by atoms with E-state index in [1.807, 2.05) is 54.6 Å². The van der Waals surface area contributed by atoms with Gasteiger partial charge in [0.15, 0.2) is 6.61 Å². The van der Waals surface area contributed by atoms with Crippen LogP contribution in [0.25, 0.3) is 0 Å². The quantitative estimate of drug-likeness (QED) is 0.878. The van der Waals surface area contributed by atoms with Crippen molar-refractivity contribution in [1.29, 1.82) is 0 Å². The van der Waals surface area contributed by atoms with E-state index in [2.05, 4.69) is 0 Å². The van der Waals surface area contributed by atoms with Gasteiger partial charge in [0.2, 0.25) is 0 Å². The van der Waals surface area contributed by atoms with Gasteiger partial charge in [-0.3, -0.25) is 4.79 Å². The maximum atomic E-state index is 12.2. The minimum atomic E-state index is -0.0143. The number of benzene rings is 2. The summed E-state index contributed by atoms with van der Waals surface area (Å²) in [6.45, 7) is 1.95. The molecule has 1 fully saturated rings. The molecule has 0 radical (unpaired) electrons. The molecular weight excluding hydrogens is 316 g/mol. The molecular formula is C20H24N2O3. The summed E-state index contributed by atoms with van der Waals surface area (Å²) in [4.78, 5) is 13.9. The van der Waals surface area contributed by atoms with Crippen molar-refractivity contribution in [3.8, 4) is 11.5 Å². The Bertz CT molecular complexity index is 673. The molecule has 2 aromatic rings. The van der Waals surface area contributed by atoms with Gasteiger partial charge in [-0.2, -0.15) is 0 Å². The number of rotatable bonds is 6. The van der Waals surface area contributed by atoms with E-state index >= 15 is 0 Å². The molecule has 5 nitrogen and oxygen atoms in total. The van der Waals surface area contributed by atoms with Crippen molar-refractivity contribution in [3.63, 3.8) is 0 Å². The van der Waals surface area contributed by atoms with Crippen LogP contribution in [0.5, 0.6) is 11.5 Å². The van der Waals surface area contributed by atoms with Crippen LogP contribution in [-0.4, -0.2) is 36.5 Å². The zero-order valence-corrected chi connectivity index (χ0v) is 14.3. The number of hydrogen-bond donors (Lipinski definition) is 1. The van der Waals surface area contributed by atoms with E-state index in [-0.39, 0.29) is 18.6 Å². The molecule has 1 heterocycles. The molecule has 3 rings (SSSR count). The van der Waals surface area contributed by atoms with Crippen molar-refractivity contribution < 1.29 is 14.3 Å². The molecule has 0 aromatic heterocycles. The number of likely N-dealkylation sites (tertiary alicyclic amines) is 1. The Morgan fingerprint density at radius 3 is 2.40 bits per heavy atom. The van der Waals surface area contributed by atoms with Gasteiger partial charge in [0.25, 0.3) is 5.91 Å². The minimum absolute atomic E-state index is 0.0143. The van der Waals surface area contributed by atoms with Crippen molar-refractivity contribution in [2.75, 3.05) is 19.7 Å². The van der Waals surface area contributed by atoms with E-state index in [9.17, 15) is 4.79 Å². The van der Waals surface area contributed by atoms with Gasteiger partial charge in [0.05, 0.1) is 0 Å². The van der Waals surface area contributed by atoms with E-state index in [0.29, 0.717) is 18.9 Å². The lowest BCUT2D eigenvalue weighted by atomic mass is 10.1. The summed E-state index contributed by atoms with van der Waals surface area (Å²) in [5.41, 5.74) is 7.03. The molecule has 2 aromatic carbocycles. The first kappa shape index (κ1) is 17.3. The van der Waals surface area contributed by atoms with Gasteiger partial charge in [-0.25, -0.2) is 0 Å². The number of carbonyl (C=O) groups is 1. The Labute approximate surface area is 148 Å². The third-order valence-electron chi connectivity index (χ3n) is 4.24. The molecule has 2 N–H and O–H groups in total. The molecule has 0 spiro atoms. The van der Waals surface area contributed by atoms with E-state index in [1.165, 1.54) is 0 Å². The van der Waals surface area contributed by atoms with Crippen LogP contribution in [0.4, 0.5) is 0 Å². The first-order chi connectivity index (χ1) is 12.2. The summed E-state index contributed by atoms with van der Waals surface area (Å²) in [6.07, 6.45) is 1.94. The average Bonchev–Trinajstić information content (AvgIpc) is 2.66. The second-order valence-electron chi connectivity index (χ2n) is 6.28. The first-order valence-electron chi connectivity index (χ1n) is 8.63. The summed E-state index contributed by atoms with van der Waals surface area (Å²) < 4.78 is 11.3. The molecule has 1 saturated heterocycles. The van der Waals surface area contributed by atoms with E-state index in [4.69, 9.17) is 15.2 Å². The molecule has 0 aliphatic carbocycles. The first-order valence-corrected chi connectivity index (χ1v) is 8.63. The molecule has 1 atom stereocenters. The van der Waals surface area contributed by atoms with Crippen LogP contribution in [0.2, 0.25) is 0 Å². The topological polar surface area (TPSA) is 64.8 Å². The second kappa shape index (κ2) is 8.53. The monoisotopic (exact) mass is 340 g/mol. The van der Waals surface area contributed by atoms with E-state index < -0.39 is 0 Å². The van der Waals surface area contributed by atoms with E-state index in [0.717, 1.165) is 30.7 Å². The largest absolute Gasteiger partial charge is 0.489 e. The summed E-state index contributed by atoms with van der Waals surface area (Å²) in [5, 5.41) is 0. The number of carbonyl (C=O) groups excluding carboxylic acids is 1. The van der Waals surface area contributed by atoms with Crippen molar-refractivity contribution in [2.24, 2.45) is 5.73 Å². The number of amides is 1. The molecule has 0 saturated carbocycles. The molecule has 5 heteroatoms. The summed E-state index contributed by atoms with van der Waals surface area (Å²) in [6, 6.07) is 17.4. The van der Waals surface area contributed by atoms with Crippen LogP contribution < -0.4 is 15.2 Å². The highest BCUT2D eigenvalue weighted by molar-refractivity contribution is 5.77. The maximum Gasteiger partial charge on any atom is 0.260 e. The van der Waals surface area contributed by atoms with Gasteiger partial charge in [-0.05, 0) is 42.7 Å². The van der Waals surface area contributed by atoms with E-state index in [1.54, 1.807) is 4.90 Å². The Kier molecular flexibility index (Phi) is 5.90. The van der Waals surface area contributed by atoms with Gasteiger partial charge in [0.1, 0.15) is 18.1 Å². The normalized spacial score (nSPS) is 17.2. The zero-order valence-electron chi connectivity index (χ0n) is 14.3. The number of hydrogen-bond acceptors (Lipinski definition) is 4. The fourth-order valence-electron chi connectivity index (χ4n) is 2.85. The molecule has 132 valence electrons. The van der Waals surface area contributed by atoms with Crippen LogP contribution in [-0.2, 0) is 11.4 Å². The average molecular weight is 340 g/mol. The zero-order chi connectivity index (χ0) is 17.5. The Morgan fingerprint density at radius 1 is 1.04 bits per heavy atom. The summed E-state index contributed by atoms with van der Waals surface area (Å²) >= 11 is 0. The Hall–Kier alpha value is -2.53. The van der Waals surface area contributed by atoms with Crippen LogP contribution >= 0.6 is 0 Å². The van der Waals surface area contributed by atoms with Crippen LogP contribution in [0, 0.1) is 0 Å². The smallest absolute Gasteiger partial charge is 0.260 e. The van der Waals surface area contributed by atoms with Crippen LogP contribution in [0.3, 0.4) is 0 Å². The number of ether oxygens (including phenoxy) is 2. The van der Waals surface area contributed by atoms with Crippen LogP contribution in [0.15, 0.2) is 54.6 Å². The lowest BCUT2D eigenvalue weighted by Gasteiger charge is -2.30. The standard InChI is InChI=1S/C20H24N2O3/c21-17-7-4-12-22(13-17)20(23)15-25-19-10-8-18(9-11-19)24-14-16-5-2-1-3-6-16/h1-3,5-6,8-11,17H,4,7,12-15,21H2. The number of nitrogens with two attached hydrogens (primary N) is 1.